The predicted octanol–water partition coefficient (Wildman–Crippen LogP) is 1.68. The van der Waals surface area contributed by atoms with Gasteiger partial charge >= 0.3 is 6.03 Å². The molecule has 4 amide bonds. The molecule has 1 heterocycles. The molecule has 1 saturated heterocycles. The molecule has 0 spiro atoms. The van der Waals surface area contributed by atoms with E-state index in [-0.39, 0.29) is 24.3 Å². The number of benzene rings is 1. The van der Waals surface area contributed by atoms with E-state index in [1.807, 2.05) is 0 Å². The molecule has 0 unspecified atom stereocenters. The van der Waals surface area contributed by atoms with Crippen molar-refractivity contribution in [3.8, 4) is 0 Å². The summed E-state index contributed by atoms with van der Waals surface area (Å²) in [6, 6.07) is 6.59. The van der Waals surface area contributed by atoms with Crippen LogP contribution >= 0.6 is 11.6 Å². The number of imide groups is 1. The molecule has 1 aliphatic heterocycles. The van der Waals surface area contributed by atoms with Crippen molar-refractivity contribution in [2.75, 3.05) is 6.54 Å². The number of nitrogens with one attached hydrogen (secondary N) is 2. The van der Waals surface area contributed by atoms with Gasteiger partial charge in [0.05, 0.1) is 0 Å². The normalized spacial score (nSPS) is 23.8. The van der Waals surface area contributed by atoms with E-state index >= 15 is 0 Å². The summed E-state index contributed by atoms with van der Waals surface area (Å²) in [5.41, 5.74) is 0.0378. The van der Waals surface area contributed by atoms with Gasteiger partial charge in [-0.15, -0.1) is 0 Å². The van der Waals surface area contributed by atoms with Crippen LogP contribution in [-0.2, 0) is 16.1 Å². The van der Waals surface area contributed by atoms with Gasteiger partial charge in [-0.05, 0) is 43.4 Å². The Bertz CT molecular complexity index is 657. The molecule has 1 atom stereocenters. The Morgan fingerprint density at radius 3 is 2.61 bits per heavy atom. The van der Waals surface area contributed by atoms with Crippen LogP contribution in [0.15, 0.2) is 24.3 Å². The first-order valence-electron chi connectivity index (χ1n) is 7.55. The number of urea groups is 1. The smallest absolute Gasteiger partial charge is 0.325 e. The maximum absolute atomic E-state index is 12.4. The lowest BCUT2D eigenvalue weighted by Crippen LogP contribution is -2.46. The van der Waals surface area contributed by atoms with Crippen molar-refractivity contribution in [2.45, 2.75) is 31.8 Å². The average Bonchev–Trinajstić information content (AvgIpc) is 3.33. The third-order valence-electron chi connectivity index (χ3n) is 4.40. The van der Waals surface area contributed by atoms with Gasteiger partial charge in [-0.1, -0.05) is 23.7 Å². The van der Waals surface area contributed by atoms with Gasteiger partial charge in [-0.3, -0.25) is 14.5 Å². The van der Waals surface area contributed by atoms with Crippen LogP contribution < -0.4 is 10.6 Å². The molecule has 1 aromatic rings. The second kappa shape index (κ2) is 5.85. The minimum atomic E-state index is -0.854. The number of amides is 4. The van der Waals surface area contributed by atoms with Gasteiger partial charge in [0.2, 0.25) is 5.91 Å². The average molecular weight is 336 g/mol. The first kappa shape index (κ1) is 15.8. The predicted molar refractivity (Wildman–Crippen MR) is 84.7 cm³/mol. The zero-order valence-electron chi connectivity index (χ0n) is 12.8. The summed E-state index contributed by atoms with van der Waals surface area (Å²) in [7, 11) is 0. The van der Waals surface area contributed by atoms with Crippen molar-refractivity contribution in [1.29, 1.82) is 0 Å². The molecule has 0 aromatic heterocycles. The molecular formula is C16H18ClN3O3. The molecule has 1 saturated carbocycles. The zero-order valence-corrected chi connectivity index (χ0v) is 13.5. The van der Waals surface area contributed by atoms with Crippen molar-refractivity contribution in [1.82, 2.24) is 15.5 Å². The topological polar surface area (TPSA) is 78.5 Å². The molecule has 2 fully saturated rings. The highest BCUT2D eigenvalue weighted by Gasteiger charge is 2.56. The van der Waals surface area contributed by atoms with Crippen LogP contribution in [0.4, 0.5) is 4.79 Å². The van der Waals surface area contributed by atoms with Gasteiger partial charge in [0.15, 0.2) is 0 Å². The lowest BCUT2D eigenvalue weighted by molar-refractivity contribution is -0.135. The third-order valence-corrected chi connectivity index (χ3v) is 4.65. The van der Waals surface area contributed by atoms with Crippen LogP contribution in [0.1, 0.15) is 25.3 Å². The van der Waals surface area contributed by atoms with E-state index in [4.69, 9.17) is 11.6 Å². The molecule has 1 aromatic carbocycles. The van der Waals surface area contributed by atoms with Crippen molar-refractivity contribution in [3.63, 3.8) is 0 Å². The molecule has 122 valence electrons. The molecule has 1 aliphatic carbocycles. The van der Waals surface area contributed by atoms with Crippen LogP contribution in [0, 0.1) is 5.92 Å². The summed E-state index contributed by atoms with van der Waals surface area (Å²) in [4.78, 5) is 37.4. The van der Waals surface area contributed by atoms with Gasteiger partial charge in [-0.25, -0.2) is 4.79 Å². The minimum Gasteiger partial charge on any atom is -0.350 e. The molecule has 2 aliphatic rings. The fourth-order valence-corrected chi connectivity index (χ4v) is 2.93. The van der Waals surface area contributed by atoms with Crippen LogP contribution in [0.2, 0.25) is 5.02 Å². The minimum absolute atomic E-state index is 0.182. The lowest BCUT2D eigenvalue weighted by atomic mass is 9.96. The lowest BCUT2D eigenvalue weighted by Gasteiger charge is -2.20. The summed E-state index contributed by atoms with van der Waals surface area (Å²) in [6.07, 6.45) is 1.86. The van der Waals surface area contributed by atoms with E-state index in [2.05, 4.69) is 10.6 Å². The highest BCUT2D eigenvalue weighted by atomic mass is 35.5. The van der Waals surface area contributed by atoms with Crippen molar-refractivity contribution < 1.29 is 14.4 Å². The fraction of sp³-hybridized carbons (Fsp3) is 0.438. The molecule has 0 bridgehead atoms. The van der Waals surface area contributed by atoms with Crippen molar-refractivity contribution in [3.05, 3.63) is 34.9 Å². The van der Waals surface area contributed by atoms with E-state index in [0.29, 0.717) is 11.6 Å². The SMILES string of the molecule is C[C@]1(C2CC2)NC(=O)N(CC(=O)NCc2ccc(Cl)cc2)C1=O. The van der Waals surface area contributed by atoms with E-state index < -0.39 is 11.6 Å². The fourth-order valence-electron chi connectivity index (χ4n) is 2.80. The molecule has 7 heteroatoms. The quantitative estimate of drug-likeness (QED) is 0.803. The second-order valence-electron chi connectivity index (χ2n) is 6.20. The maximum atomic E-state index is 12.4. The summed E-state index contributed by atoms with van der Waals surface area (Å²) >= 11 is 5.80. The first-order valence-corrected chi connectivity index (χ1v) is 7.93. The largest absolute Gasteiger partial charge is 0.350 e. The molecule has 23 heavy (non-hydrogen) atoms. The molecule has 0 radical (unpaired) electrons. The van der Waals surface area contributed by atoms with E-state index in [1.165, 1.54) is 0 Å². The Morgan fingerprint density at radius 1 is 1.35 bits per heavy atom. The van der Waals surface area contributed by atoms with E-state index in [9.17, 15) is 14.4 Å². The maximum Gasteiger partial charge on any atom is 0.325 e. The Balaban J connectivity index is 1.56. The first-order chi connectivity index (χ1) is 10.9. The van der Waals surface area contributed by atoms with Gasteiger partial charge in [0, 0.05) is 11.6 Å². The number of carbonyl (C=O) groups is 3. The van der Waals surface area contributed by atoms with Gasteiger partial charge in [-0.2, -0.15) is 0 Å². The van der Waals surface area contributed by atoms with Crippen LogP contribution in [0.25, 0.3) is 0 Å². The summed E-state index contributed by atoms with van der Waals surface area (Å²) in [6.45, 7) is 1.79. The molecule has 2 N–H and O–H groups in total. The second-order valence-corrected chi connectivity index (χ2v) is 6.64. The molecule has 3 rings (SSSR count). The molecular weight excluding hydrogens is 318 g/mol. The zero-order chi connectivity index (χ0) is 16.6. The number of carbonyl (C=O) groups excluding carboxylic acids is 3. The highest BCUT2D eigenvalue weighted by molar-refractivity contribution is 6.30. The number of hydrogen-bond donors (Lipinski definition) is 2. The van der Waals surface area contributed by atoms with Crippen molar-refractivity contribution >= 4 is 29.4 Å². The van der Waals surface area contributed by atoms with Crippen LogP contribution in [0.3, 0.4) is 0 Å². The third kappa shape index (κ3) is 3.17. The monoisotopic (exact) mass is 335 g/mol. The summed E-state index contributed by atoms with van der Waals surface area (Å²) in [5.74, 6) is -0.504. The van der Waals surface area contributed by atoms with Gasteiger partial charge in [0.1, 0.15) is 12.1 Å². The van der Waals surface area contributed by atoms with Crippen LogP contribution in [0.5, 0.6) is 0 Å². The standard InChI is InChI=1S/C16H18ClN3O3/c1-16(11-4-5-11)14(22)20(15(23)19-16)9-13(21)18-8-10-2-6-12(17)7-3-10/h2-3,6-7,11H,4-5,8-9H2,1H3,(H,18,21)(H,19,23)/t16-/m1/s1. The Kier molecular flexibility index (Phi) is 4.02. The highest BCUT2D eigenvalue weighted by Crippen LogP contribution is 2.42. The number of hydrogen-bond acceptors (Lipinski definition) is 3. The van der Waals surface area contributed by atoms with Crippen LogP contribution in [-0.4, -0.2) is 34.8 Å². The summed E-state index contributed by atoms with van der Waals surface area (Å²) < 4.78 is 0. The van der Waals surface area contributed by atoms with Gasteiger partial charge in [0.25, 0.3) is 5.91 Å². The summed E-state index contributed by atoms with van der Waals surface area (Å²) in [5, 5.41) is 6.05. The number of nitrogens with zero attached hydrogens (tertiary/aromatic N) is 1. The number of halogens is 1. The van der Waals surface area contributed by atoms with E-state index in [1.54, 1.807) is 31.2 Å². The van der Waals surface area contributed by atoms with Crippen molar-refractivity contribution in [2.24, 2.45) is 5.92 Å². The Morgan fingerprint density at radius 2 is 2.00 bits per heavy atom. The van der Waals surface area contributed by atoms with Gasteiger partial charge < -0.3 is 10.6 Å². The number of rotatable bonds is 5. The van der Waals surface area contributed by atoms with E-state index in [0.717, 1.165) is 23.3 Å². The molecule has 6 nitrogen and oxygen atoms in total. The Labute approximate surface area is 139 Å². The Hall–Kier alpha value is -2.08.